The molecule has 2 unspecified atom stereocenters. The fourth-order valence-corrected chi connectivity index (χ4v) is 4.22. The zero-order valence-corrected chi connectivity index (χ0v) is 21.1. The molecule has 1 aliphatic heterocycles. The Morgan fingerprint density at radius 2 is 1.91 bits per heavy atom. The van der Waals surface area contributed by atoms with Crippen LogP contribution in [0, 0.1) is 5.92 Å². The van der Waals surface area contributed by atoms with Gasteiger partial charge in [0.2, 0.25) is 11.8 Å². The number of aliphatic hydroxyl groups excluding tert-OH is 1. The van der Waals surface area contributed by atoms with E-state index in [1.165, 1.54) is 0 Å². The molecule has 1 aromatic carbocycles. The second-order valence-electron chi connectivity index (χ2n) is 9.82. The third-order valence-electron chi connectivity index (χ3n) is 6.22. The summed E-state index contributed by atoms with van der Waals surface area (Å²) in [5, 5.41) is 12.8. The van der Waals surface area contributed by atoms with Crippen molar-refractivity contribution in [1.82, 2.24) is 10.2 Å². The molecule has 0 aromatic heterocycles. The molecule has 2 N–H and O–H groups in total. The predicted octanol–water partition coefficient (Wildman–Crippen LogP) is 3.70. The third kappa shape index (κ3) is 8.98. The summed E-state index contributed by atoms with van der Waals surface area (Å²) < 4.78 is 5.36. The lowest BCUT2D eigenvalue weighted by Crippen LogP contribution is -2.51. The van der Waals surface area contributed by atoms with Gasteiger partial charge in [0.1, 0.15) is 6.61 Å². The van der Waals surface area contributed by atoms with Gasteiger partial charge in [-0.1, -0.05) is 36.4 Å². The van der Waals surface area contributed by atoms with E-state index in [2.05, 4.69) is 18.5 Å². The number of unbranched alkanes of at least 4 members (excludes halogenated alkanes) is 2. The minimum absolute atomic E-state index is 0.00961. The van der Waals surface area contributed by atoms with Crippen LogP contribution >= 0.6 is 0 Å². The highest BCUT2D eigenvalue weighted by Crippen LogP contribution is 2.25. The Kier molecular flexibility index (Phi) is 11.2. The molecule has 0 spiro atoms. The molecule has 1 aromatic rings. The van der Waals surface area contributed by atoms with Crippen molar-refractivity contribution in [1.29, 1.82) is 0 Å². The SMILES string of the molecule is C=CCCCCC(=O)OCC(C)(C)NC(=O)C(CC=C)CC(=O)N1Cc2ccccc2CC1CO. The number of carbonyl (C=O) groups is 3. The Balaban J connectivity index is 1.95. The van der Waals surface area contributed by atoms with E-state index in [9.17, 15) is 19.5 Å². The van der Waals surface area contributed by atoms with Crippen LogP contribution in [0.5, 0.6) is 0 Å². The van der Waals surface area contributed by atoms with Gasteiger partial charge in [-0.15, -0.1) is 13.2 Å². The molecule has 2 atom stereocenters. The van der Waals surface area contributed by atoms with Gasteiger partial charge in [0, 0.05) is 19.4 Å². The van der Waals surface area contributed by atoms with Crippen LogP contribution in [0.4, 0.5) is 0 Å². The number of allylic oxidation sites excluding steroid dienone is 2. The Morgan fingerprint density at radius 3 is 2.57 bits per heavy atom. The summed E-state index contributed by atoms with van der Waals surface area (Å²) in [7, 11) is 0. The van der Waals surface area contributed by atoms with Crippen LogP contribution < -0.4 is 5.32 Å². The number of aliphatic hydroxyl groups is 1. The van der Waals surface area contributed by atoms with Crippen LogP contribution in [0.25, 0.3) is 0 Å². The van der Waals surface area contributed by atoms with Gasteiger partial charge in [0.15, 0.2) is 0 Å². The summed E-state index contributed by atoms with van der Waals surface area (Å²) in [6, 6.07) is 7.58. The molecule has 2 rings (SSSR count). The number of hydrogen-bond acceptors (Lipinski definition) is 5. The number of benzene rings is 1. The lowest BCUT2D eigenvalue weighted by atomic mass is 9.92. The normalized spacial score (nSPS) is 16.1. The standard InChI is InChI=1S/C28H40N2O5/c1-5-7-8-9-15-26(33)35-20-28(3,4)29-27(34)22(12-6-2)17-25(32)30-18-23-14-11-10-13-21(23)16-24(30)19-31/h5-6,10-11,13-14,22,24,31H,1-2,7-9,12,15-20H2,3-4H3,(H,29,34). The average Bonchev–Trinajstić information content (AvgIpc) is 2.84. The minimum atomic E-state index is -0.784. The topological polar surface area (TPSA) is 95.9 Å². The van der Waals surface area contributed by atoms with Gasteiger partial charge in [-0.05, 0) is 57.1 Å². The first kappa shape index (κ1) is 28.3. The zero-order valence-electron chi connectivity index (χ0n) is 21.1. The van der Waals surface area contributed by atoms with Crippen molar-refractivity contribution in [2.45, 2.75) is 76.9 Å². The van der Waals surface area contributed by atoms with Gasteiger partial charge < -0.3 is 20.1 Å². The number of nitrogens with zero attached hydrogens (tertiary/aromatic N) is 1. The lowest BCUT2D eigenvalue weighted by molar-refractivity contribution is -0.147. The van der Waals surface area contributed by atoms with Gasteiger partial charge in [0.25, 0.3) is 0 Å². The van der Waals surface area contributed by atoms with E-state index in [0.29, 0.717) is 25.8 Å². The van der Waals surface area contributed by atoms with E-state index in [0.717, 1.165) is 30.4 Å². The van der Waals surface area contributed by atoms with Gasteiger partial charge >= 0.3 is 5.97 Å². The number of esters is 1. The fourth-order valence-electron chi connectivity index (χ4n) is 4.22. The summed E-state index contributed by atoms with van der Waals surface area (Å²) in [5.74, 6) is -1.37. The molecule has 0 radical (unpaired) electrons. The molecule has 0 bridgehead atoms. The van der Waals surface area contributed by atoms with Crippen molar-refractivity contribution in [2.75, 3.05) is 13.2 Å². The number of rotatable bonds is 14. The quantitative estimate of drug-likeness (QED) is 0.238. The maximum Gasteiger partial charge on any atom is 0.305 e. The lowest BCUT2D eigenvalue weighted by Gasteiger charge is -2.37. The highest BCUT2D eigenvalue weighted by atomic mass is 16.5. The average molecular weight is 485 g/mol. The van der Waals surface area contributed by atoms with E-state index in [1.54, 1.807) is 24.8 Å². The smallest absolute Gasteiger partial charge is 0.305 e. The first-order valence-electron chi connectivity index (χ1n) is 12.4. The molecular weight excluding hydrogens is 444 g/mol. The van der Waals surface area contributed by atoms with Crippen molar-refractivity contribution in [2.24, 2.45) is 5.92 Å². The van der Waals surface area contributed by atoms with Crippen LogP contribution in [0.3, 0.4) is 0 Å². The van der Waals surface area contributed by atoms with Gasteiger partial charge in [0.05, 0.1) is 24.1 Å². The minimum Gasteiger partial charge on any atom is -0.463 e. The van der Waals surface area contributed by atoms with Crippen LogP contribution in [0.1, 0.15) is 63.5 Å². The van der Waals surface area contributed by atoms with Crippen molar-refractivity contribution < 1.29 is 24.2 Å². The summed E-state index contributed by atoms with van der Waals surface area (Å²) in [6.45, 7) is 11.3. The van der Waals surface area contributed by atoms with Crippen LogP contribution in [0.2, 0.25) is 0 Å². The molecule has 7 heteroatoms. The van der Waals surface area contributed by atoms with Crippen molar-refractivity contribution >= 4 is 17.8 Å². The van der Waals surface area contributed by atoms with E-state index in [1.807, 2.05) is 30.3 Å². The monoisotopic (exact) mass is 484 g/mol. The van der Waals surface area contributed by atoms with Crippen molar-refractivity contribution in [3.63, 3.8) is 0 Å². The summed E-state index contributed by atoms with van der Waals surface area (Å²) in [5.41, 5.74) is 1.41. The third-order valence-corrected chi connectivity index (χ3v) is 6.22. The maximum absolute atomic E-state index is 13.2. The second-order valence-corrected chi connectivity index (χ2v) is 9.82. The number of nitrogens with one attached hydrogen (secondary N) is 1. The molecule has 0 saturated carbocycles. The molecule has 7 nitrogen and oxygen atoms in total. The highest BCUT2D eigenvalue weighted by Gasteiger charge is 2.33. The van der Waals surface area contributed by atoms with Crippen molar-refractivity contribution in [3.05, 3.63) is 60.7 Å². The number of carbonyl (C=O) groups excluding carboxylic acids is 3. The van der Waals surface area contributed by atoms with Crippen LogP contribution in [-0.4, -0.2) is 52.6 Å². The second kappa shape index (κ2) is 13.8. The van der Waals surface area contributed by atoms with Gasteiger partial charge in [-0.2, -0.15) is 0 Å². The molecule has 0 saturated heterocycles. The van der Waals surface area contributed by atoms with E-state index < -0.39 is 11.5 Å². The van der Waals surface area contributed by atoms with Gasteiger partial charge in [-0.3, -0.25) is 14.4 Å². The fraction of sp³-hybridized carbons (Fsp3) is 0.536. The Labute approximate surface area is 209 Å². The number of fused-ring (bicyclic) bond motifs is 1. The maximum atomic E-state index is 13.2. The molecule has 1 aliphatic rings. The predicted molar refractivity (Wildman–Crippen MR) is 136 cm³/mol. The van der Waals surface area contributed by atoms with Crippen LogP contribution in [-0.2, 0) is 32.1 Å². The van der Waals surface area contributed by atoms with Gasteiger partial charge in [-0.25, -0.2) is 0 Å². The zero-order chi connectivity index (χ0) is 25.8. The Morgan fingerprint density at radius 1 is 1.20 bits per heavy atom. The molecule has 192 valence electrons. The molecular formula is C28H40N2O5. The van der Waals surface area contributed by atoms with Crippen molar-refractivity contribution in [3.8, 4) is 0 Å². The largest absolute Gasteiger partial charge is 0.463 e. The summed E-state index contributed by atoms with van der Waals surface area (Å²) >= 11 is 0. The number of hydrogen-bond donors (Lipinski definition) is 2. The molecule has 2 amide bonds. The van der Waals surface area contributed by atoms with E-state index in [-0.39, 0.29) is 43.5 Å². The number of amides is 2. The molecule has 0 fully saturated rings. The first-order valence-corrected chi connectivity index (χ1v) is 12.4. The summed E-state index contributed by atoms with van der Waals surface area (Å²) in [6.07, 6.45) is 7.19. The molecule has 35 heavy (non-hydrogen) atoms. The highest BCUT2D eigenvalue weighted by molar-refractivity contribution is 5.86. The van der Waals surface area contributed by atoms with E-state index >= 15 is 0 Å². The molecule has 0 aliphatic carbocycles. The number of ether oxygens (including phenoxy) is 1. The van der Waals surface area contributed by atoms with E-state index in [4.69, 9.17) is 4.74 Å². The first-order chi connectivity index (χ1) is 16.7. The van der Waals surface area contributed by atoms with Crippen LogP contribution in [0.15, 0.2) is 49.6 Å². The molecule has 1 heterocycles. The Bertz CT molecular complexity index is 895. The Hall–Kier alpha value is -2.93. The summed E-state index contributed by atoms with van der Waals surface area (Å²) in [4.78, 5) is 40.0.